The van der Waals surface area contributed by atoms with Crippen molar-refractivity contribution in [3.05, 3.63) is 106 Å². The van der Waals surface area contributed by atoms with E-state index in [1.165, 1.54) is 4.90 Å². The normalized spacial score (nSPS) is 19.6. The van der Waals surface area contributed by atoms with E-state index in [0.717, 1.165) is 21.2 Å². The molecule has 2 N–H and O–H groups in total. The van der Waals surface area contributed by atoms with Gasteiger partial charge in [0.2, 0.25) is 0 Å². The number of halogens is 1. The summed E-state index contributed by atoms with van der Waals surface area (Å²) < 4.78 is 13.1. The van der Waals surface area contributed by atoms with Gasteiger partial charge in [-0.05, 0) is 60.9 Å². The van der Waals surface area contributed by atoms with Crippen LogP contribution in [0.25, 0.3) is 0 Å². The lowest BCUT2D eigenvalue weighted by atomic mass is 9.70. The van der Waals surface area contributed by atoms with E-state index in [0.29, 0.717) is 12.8 Å². The molecule has 4 rings (SSSR count). The van der Waals surface area contributed by atoms with Crippen LogP contribution < -0.4 is 5.32 Å². The van der Waals surface area contributed by atoms with Crippen molar-refractivity contribution < 1.29 is 24.2 Å². The van der Waals surface area contributed by atoms with Gasteiger partial charge in [-0.15, -0.1) is 0 Å². The zero-order chi connectivity index (χ0) is 30.5. The first kappa shape index (κ1) is 31.6. The first-order valence-corrected chi connectivity index (χ1v) is 15.1. The average molecular weight is 638 g/mol. The molecule has 1 saturated heterocycles. The number of carbonyl (C=O) groups excluding carboxylic acids is 1. The van der Waals surface area contributed by atoms with Crippen molar-refractivity contribution in [3.63, 3.8) is 0 Å². The van der Waals surface area contributed by atoms with Gasteiger partial charge in [0.15, 0.2) is 0 Å². The summed E-state index contributed by atoms with van der Waals surface area (Å²) in [5.74, 6) is -0.167. The molecule has 0 saturated carbocycles. The fourth-order valence-electron chi connectivity index (χ4n) is 6.11. The van der Waals surface area contributed by atoms with Crippen LogP contribution in [-0.4, -0.2) is 46.1 Å². The second-order valence-electron chi connectivity index (χ2n) is 12.5. The minimum absolute atomic E-state index is 0.153. The number of hydrogen-bond donors (Lipinski definition) is 2. The Morgan fingerprint density at radius 1 is 0.976 bits per heavy atom. The maximum Gasteiger partial charge on any atom is 0.409 e. The van der Waals surface area contributed by atoms with Crippen LogP contribution in [0.1, 0.15) is 63.6 Å². The average Bonchev–Trinajstić information content (AvgIpc) is 3.18. The van der Waals surface area contributed by atoms with Crippen LogP contribution in [0.3, 0.4) is 0 Å². The fourth-order valence-corrected chi connectivity index (χ4v) is 6.38. The molecule has 42 heavy (non-hydrogen) atoms. The number of rotatable bonds is 9. The number of nitrogens with zero attached hydrogens (tertiary/aromatic N) is 1. The molecule has 1 aliphatic heterocycles. The van der Waals surface area contributed by atoms with Crippen molar-refractivity contribution in [1.82, 2.24) is 10.2 Å². The van der Waals surface area contributed by atoms with Gasteiger partial charge in [-0.3, -0.25) is 4.90 Å². The summed E-state index contributed by atoms with van der Waals surface area (Å²) in [7, 11) is 0. The zero-order valence-electron chi connectivity index (χ0n) is 24.9. The Morgan fingerprint density at radius 3 is 2.14 bits per heavy atom. The standard InChI is InChI=1S/C34H41BrN2O5/c1-33(2,3)29(25-14-10-7-11-15-25)30-28(42-34(4,5)37(30)32(39)40)21-27(20-23-16-18-26(35)19-17-23)36-31(38)41-22-24-12-8-6-9-13-24/h6-19,27-30H,20-22H2,1-5H3,(H,36,38)(H,39,40)/t27?,28-,29?,30+/m0/s1. The third-order valence-corrected chi connectivity index (χ3v) is 8.31. The summed E-state index contributed by atoms with van der Waals surface area (Å²) in [6.07, 6.45) is -1.12. The van der Waals surface area contributed by atoms with E-state index in [4.69, 9.17) is 9.47 Å². The minimum atomic E-state index is -1.06. The summed E-state index contributed by atoms with van der Waals surface area (Å²) in [6, 6.07) is 26.7. The highest BCUT2D eigenvalue weighted by atomic mass is 79.9. The Balaban J connectivity index is 1.66. The van der Waals surface area contributed by atoms with E-state index in [1.807, 2.05) is 72.8 Å². The van der Waals surface area contributed by atoms with E-state index in [1.54, 1.807) is 13.8 Å². The summed E-state index contributed by atoms with van der Waals surface area (Å²) in [6.45, 7) is 10.1. The van der Waals surface area contributed by atoms with Crippen LogP contribution in [0.2, 0.25) is 0 Å². The first-order valence-electron chi connectivity index (χ1n) is 14.3. The smallest absolute Gasteiger partial charge is 0.409 e. The lowest BCUT2D eigenvalue weighted by Crippen LogP contribution is -2.52. The number of amides is 2. The van der Waals surface area contributed by atoms with Gasteiger partial charge in [-0.2, -0.15) is 0 Å². The third kappa shape index (κ3) is 7.92. The topological polar surface area (TPSA) is 88.1 Å². The largest absolute Gasteiger partial charge is 0.465 e. The van der Waals surface area contributed by atoms with E-state index in [9.17, 15) is 14.7 Å². The van der Waals surface area contributed by atoms with Crippen molar-refractivity contribution >= 4 is 28.1 Å². The predicted octanol–water partition coefficient (Wildman–Crippen LogP) is 7.99. The first-order chi connectivity index (χ1) is 19.8. The van der Waals surface area contributed by atoms with Crippen LogP contribution in [0, 0.1) is 5.41 Å². The van der Waals surface area contributed by atoms with E-state index >= 15 is 0 Å². The highest BCUT2D eigenvalue weighted by molar-refractivity contribution is 9.10. The predicted molar refractivity (Wildman–Crippen MR) is 167 cm³/mol. The lowest BCUT2D eigenvalue weighted by Gasteiger charge is -2.42. The molecule has 1 heterocycles. The Labute approximate surface area is 257 Å². The van der Waals surface area contributed by atoms with Crippen LogP contribution in [0.4, 0.5) is 9.59 Å². The van der Waals surface area contributed by atoms with Crippen LogP contribution in [0.5, 0.6) is 0 Å². The molecule has 1 fully saturated rings. The number of carbonyl (C=O) groups is 2. The molecule has 8 heteroatoms. The Morgan fingerprint density at radius 2 is 1.57 bits per heavy atom. The van der Waals surface area contributed by atoms with Crippen molar-refractivity contribution in [2.75, 3.05) is 0 Å². The van der Waals surface area contributed by atoms with Gasteiger partial charge in [-0.25, -0.2) is 9.59 Å². The highest BCUT2D eigenvalue weighted by Crippen LogP contribution is 2.48. The van der Waals surface area contributed by atoms with Gasteiger partial charge >= 0.3 is 12.2 Å². The molecular formula is C34H41BrN2O5. The van der Waals surface area contributed by atoms with Crippen LogP contribution in [0.15, 0.2) is 89.4 Å². The maximum atomic E-state index is 13.1. The minimum Gasteiger partial charge on any atom is -0.465 e. The molecule has 3 aromatic rings. The lowest BCUT2D eigenvalue weighted by molar-refractivity contribution is -0.0694. The van der Waals surface area contributed by atoms with Crippen molar-refractivity contribution in [1.29, 1.82) is 0 Å². The molecule has 1 aliphatic rings. The molecule has 7 nitrogen and oxygen atoms in total. The second-order valence-corrected chi connectivity index (χ2v) is 13.4. The highest BCUT2D eigenvalue weighted by Gasteiger charge is 2.55. The summed E-state index contributed by atoms with van der Waals surface area (Å²) in [4.78, 5) is 27.3. The molecule has 0 bridgehead atoms. The van der Waals surface area contributed by atoms with E-state index in [-0.39, 0.29) is 24.0 Å². The molecule has 2 amide bonds. The van der Waals surface area contributed by atoms with Crippen molar-refractivity contribution in [2.45, 2.75) is 83.9 Å². The van der Waals surface area contributed by atoms with Gasteiger partial charge in [0.25, 0.3) is 0 Å². The fraction of sp³-hybridized carbons (Fsp3) is 0.412. The van der Waals surface area contributed by atoms with E-state index in [2.05, 4.69) is 54.2 Å². The van der Waals surface area contributed by atoms with Gasteiger partial charge in [-0.1, -0.05) is 109 Å². The third-order valence-electron chi connectivity index (χ3n) is 7.79. The van der Waals surface area contributed by atoms with E-state index < -0.39 is 30.1 Å². The number of carboxylic acid groups (broad SMARTS) is 1. The molecule has 0 spiro atoms. The van der Waals surface area contributed by atoms with Gasteiger partial charge in [0.1, 0.15) is 12.3 Å². The Hall–Kier alpha value is -3.36. The summed E-state index contributed by atoms with van der Waals surface area (Å²) in [5.41, 5.74) is 1.63. The molecular weight excluding hydrogens is 596 g/mol. The Kier molecular flexibility index (Phi) is 10.00. The number of nitrogens with one attached hydrogen (secondary N) is 1. The Bertz CT molecular complexity index is 1330. The number of ether oxygens (including phenoxy) is 2. The quantitative estimate of drug-likeness (QED) is 0.248. The number of hydrogen-bond acceptors (Lipinski definition) is 4. The zero-order valence-corrected chi connectivity index (χ0v) is 26.5. The molecule has 0 aromatic heterocycles. The monoisotopic (exact) mass is 636 g/mol. The number of benzene rings is 3. The van der Waals surface area contributed by atoms with Crippen molar-refractivity contribution in [3.8, 4) is 0 Å². The summed E-state index contributed by atoms with van der Waals surface area (Å²) >= 11 is 3.49. The summed E-state index contributed by atoms with van der Waals surface area (Å²) in [5, 5.41) is 13.5. The number of alkyl carbamates (subject to hydrolysis) is 1. The van der Waals surface area contributed by atoms with Gasteiger partial charge < -0.3 is 19.9 Å². The molecule has 4 atom stereocenters. The molecule has 2 unspecified atom stereocenters. The van der Waals surface area contributed by atoms with Gasteiger partial charge in [0, 0.05) is 16.4 Å². The second kappa shape index (κ2) is 13.3. The molecule has 3 aromatic carbocycles. The van der Waals surface area contributed by atoms with Crippen molar-refractivity contribution in [2.24, 2.45) is 5.41 Å². The van der Waals surface area contributed by atoms with Gasteiger partial charge in [0.05, 0.1) is 12.1 Å². The molecule has 0 aliphatic carbocycles. The van der Waals surface area contributed by atoms with Crippen LogP contribution >= 0.6 is 15.9 Å². The maximum absolute atomic E-state index is 13.1. The SMILES string of the molecule is CC(C)(C)C(c1ccccc1)[C@H]1[C@H](CC(Cc2ccc(Br)cc2)NC(=O)OCc2ccccc2)OC(C)(C)N1C(=O)O. The molecule has 224 valence electrons. The van der Waals surface area contributed by atoms with Crippen LogP contribution in [-0.2, 0) is 22.5 Å². The molecule has 0 radical (unpaired) electrons.